The van der Waals surface area contributed by atoms with Gasteiger partial charge in [-0.15, -0.1) is 0 Å². The molecule has 3 rings (SSSR count). The Hall–Kier alpha value is -2.77. The fourth-order valence-electron chi connectivity index (χ4n) is 2.49. The monoisotopic (exact) mass is 322 g/mol. The molecule has 0 spiro atoms. The molecule has 2 aromatic carbocycles. The van der Waals surface area contributed by atoms with Crippen LogP contribution < -0.4 is 5.32 Å². The zero-order valence-corrected chi connectivity index (χ0v) is 13.4. The van der Waals surface area contributed by atoms with Gasteiger partial charge in [0.1, 0.15) is 6.07 Å². The van der Waals surface area contributed by atoms with Gasteiger partial charge in [0.2, 0.25) is 0 Å². The molecule has 23 heavy (non-hydrogen) atoms. The molecule has 5 heteroatoms. The molecule has 1 aromatic heterocycles. The minimum atomic E-state index is 0.530. The quantitative estimate of drug-likeness (QED) is 0.782. The number of anilines is 1. The number of nitriles is 1. The first kappa shape index (κ1) is 15.1. The Bertz CT molecular complexity index is 862. The van der Waals surface area contributed by atoms with Gasteiger partial charge in [0.25, 0.3) is 0 Å². The highest BCUT2D eigenvalue weighted by molar-refractivity contribution is 6.33. The van der Waals surface area contributed by atoms with E-state index in [1.54, 1.807) is 22.9 Å². The first-order valence-corrected chi connectivity index (χ1v) is 7.57. The maximum Gasteiger partial charge on any atom is 0.101 e. The summed E-state index contributed by atoms with van der Waals surface area (Å²) in [6, 6.07) is 17.5. The number of aryl methyl sites for hydroxylation is 1. The van der Waals surface area contributed by atoms with Gasteiger partial charge in [0.15, 0.2) is 0 Å². The van der Waals surface area contributed by atoms with E-state index < -0.39 is 0 Å². The zero-order valence-electron chi connectivity index (χ0n) is 12.6. The summed E-state index contributed by atoms with van der Waals surface area (Å²) in [5.74, 6) is 0. The molecule has 0 saturated heterocycles. The molecule has 0 atom stereocenters. The first-order valence-electron chi connectivity index (χ1n) is 7.19. The Balaban J connectivity index is 1.90. The SMILES string of the molecule is Cn1cc(CNc2c(Cl)cccc2C#N)c(-c2ccccc2)n1. The standard InChI is InChI=1S/C18H15ClN4/c1-23-12-15(17(22-23)13-6-3-2-4-7-13)11-21-18-14(10-20)8-5-9-16(18)19/h2-9,12,21H,11H2,1H3. The Morgan fingerprint density at radius 2 is 1.96 bits per heavy atom. The summed E-state index contributed by atoms with van der Waals surface area (Å²) >= 11 is 6.20. The molecular formula is C18H15ClN4. The van der Waals surface area contributed by atoms with E-state index in [9.17, 15) is 5.26 Å². The van der Waals surface area contributed by atoms with E-state index in [1.807, 2.05) is 43.6 Å². The number of nitrogens with one attached hydrogen (secondary N) is 1. The maximum absolute atomic E-state index is 9.21. The lowest BCUT2D eigenvalue weighted by Gasteiger charge is -2.10. The highest BCUT2D eigenvalue weighted by atomic mass is 35.5. The molecule has 0 amide bonds. The van der Waals surface area contributed by atoms with Crippen LogP contribution in [0, 0.1) is 11.3 Å². The van der Waals surface area contributed by atoms with Crippen LogP contribution in [-0.2, 0) is 13.6 Å². The lowest BCUT2D eigenvalue weighted by atomic mass is 10.1. The number of rotatable bonds is 4. The lowest BCUT2D eigenvalue weighted by molar-refractivity contribution is 0.770. The minimum absolute atomic E-state index is 0.530. The fourth-order valence-corrected chi connectivity index (χ4v) is 2.73. The smallest absolute Gasteiger partial charge is 0.101 e. The summed E-state index contributed by atoms with van der Waals surface area (Å²) in [5, 5.41) is 17.5. The number of hydrogen-bond donors (Lipinski definition) is 1. The Labute approximate surface area is 139 Å². The average molecular weight is 323 g/mol. The predicted octanol–water partition coefficient (Wildman–Crippen LogP) is 4.22. The van der Waals surface area contributed by atoms with E-state index in [4.69, 9.17) is 11.6 Å². The summed E-state index contributed by atoms with van der Waals surface area (Å²) in [6.45, 7) is 0.538. The highest BCUT2D eigenvalue weighted by Crippen LogP contribution is 2.27. The third-order valence-corrected chi connectivity index (χ3v) is 3.86. The van der Waals surface area contributed by atoms with E-state index in [0.29, 0.717) is 22.8 Å². The molecule has 0 aliphatic carbocycles. The van der Waals surface area contributed by atoms with Gasteiger partial charge >= 0.3 is 0 Å². The predicted molar refractivity (Wildman–Crippen MR) is 92.1 cm³/mol. The van der Waals surface area contributed by atoms with Crippen molar-refractivity contribution in [3.8, 4) is 17.3 Å². The fraction of sp³-hybridized carbons (Fsp3) is 0.111. The van der Waals surface area contributed by atoms with Gasteiger partial charge in [-0.3, -0.25) is 4.68 Å². The van der Waals surface area contributed by atoms with Gasteiger partial charge < -0.3 is 5.32 Å². The van der Waals surface area contributed by atoms with Crippen LogP contribution in [0.2, 0.25) is 5.02 Å². The van der Waals surface area contributed by atoms with Gasteiger partial charge in [-0.2, -0.15) is 10.4 Å². The molecule has 0 aliphatic heterocycles. The van der Waals surface area contributed by atoms with Crippen molar-refractivity contribution in [1.82, 2.24) is 9.78 Å². The largest absolute Gasteiger partial charge is 0.379 e. The van der Waals surface area contributed by atoms with Crippen molar-refractivity contribution >= 4 is 17.3 Å². The minimum Gasteiger partial charge on any atom is -0.379 e. The molecule has 4 nitrogen and oxygen atoms in total. The van der Waals surface area contributed by atoms with Crippen LogP contribution in [0.4, 0.5) is 5.69 Å². The van der Waals surface area contributed by atoms with Crippen molar-refractivity contribution in [2.75, 3.05) is 5.32 Å². The van der Waals surface area contributed by atoms with Crippen LogP contribution in [0.5, 0.6) is 0 Å². The molecule has 0 bridgehead atoms. The molecule has 0 fully saturated rings. The highest BCUT2D eigenvalue weighted by Gasteiger charge is 2.12. The lowest BCUT2D eigenvalue weighted by Crippen LogP contribution is -2.02. The Morgan fingerprint density at radius 3 is 2.70 bits per heavy atom. The first-order chi connectivity index (χ1) is 11.2. The summed E-state index contributed by atoms with van der Waals surface area (Å²) in [6.07, 6.45) is 1.97. The summed E-state index contributed by atoms with van der Waals surface area (Å²) < 4.78 is 1.79. The Kier molecular flexibility index (Phi) is 4.31. The summed E-state index contributed by atoms with van der Waals surface area (Å²) in [7, 11) is 1.89. The van der Waals surface area contributed by atoms with Gasteiger partial charge in [-0.1, -0.05) is 48.0 Å². The second-order valence-corrected chi connectivity index (χ2v) is 5.58. The topological polar surface area (TPSA) is 53.6 Å². The number of hydrogen-bond acceptors (Lipinski definition) is 3. The van der Waals surface area contributed by atoms with Gasteiger partial charge in [-0.25, -0.2) is 0 Å². The molecule has 1 N–H and O–H groups in total. The van der Waals surface area contributed by atoms with Crippen LogP contribution >= 0.6 is 11.6 Å². The molecule has 0 radical (unpaired) electrons. The van der Waals surface area contributed by atoms with E-state index >= 15 is 0 Å². The van der Waals surface area contributed by atoms with Crippen molar-refractivity contribution in [3.05, 3.63) is 70.9 Å². The van der Waals surface area contributed by atoms with Gasteiger partial charge in [0, 0.05) is 30.9 Å². The van der Waals surface area contributed by atoms with Crippen molar-refractivity contribution in [2.45, 2.75) is 6.54 Å². The normalized spacial score (nSPS) is 10.3. The second kappa shape index (κ2) is 6.55. The van der Waals surface area contributed by atoms with Crippen LogP contribution in [0.15, 0.2) is 54.7 Å². The molecule has 0 aliphatic rings. The molecule has 1 heterocycles. The maximum atomic E-state index is 9.21. The third kappa shape index (κ3) is 3.20. The van der Waals surface area contributed by atoms with E-state index in [0.717, 1.165) is 16.8 Å². The van der Waals surface area contributed by atoms with E-state index in [1.165, 1.54) is 0 Å². The van der Waals surface area contributed by atoms with E-state index in [-0.39, 0.29) is 0 Å². The van der Waals surface area contributed by atoms with Crippen molar-refractivity contribution < 1.29 is 0 Å². The number of halogens is 1. The average Bonchev–Trinajstić information content (AvgIpc) is 2.95. The molecular weight excluding hydrogens is 308 g/mol. The van der Waals surface area contributed by atoms with Gasteiger partial charge in [0.05, 0.1) is 22.0 Å². The molecule has 0 unspecified atom stereocenters. The number of para-hydroxylation sites is 1. The number of nitrogens with zero attached hydrogens (tertiary/aromatic N) is 3. The van der Waals surface area contributed by atoms with Crippen LogP contribution in [0.25, 0.3) is 11.3 Å². The second-order valence-electron chi connectivity index (χ2n) is 5.17. The van der Waals surface area contributed by atoms with Crippen molar-refractivity contribution in [2.24, 2.45) is 7.05 Å². The van der Waals surface area contributed by atoms with E-state index in [2.05, 4.69) is 16.5 Å². The van der Waals surface area contributed by atoms with Gasteiger partial charge in [-0.05, 0) is 12.1 Å². The Morgan fingerprint density at radius 1 is 1.17 bits per heavy atom. The molecule has 0 saturated carbocycles. The molecule has 3 aromatic rings. The molecule has 114 valence electrons. The number of aromatic nitrogens is 2. The van der Waals surface area contributed by atoms with Crippen molar-refractivity contribution in [3.63, 3.8) is 0 Å². The summed E-state index contributed by atoms with van der Waals surface area (Å²) in [4.78, 5) is 0. The van der Waals surface area contributed by atoms with Crippen LogP contribution in [0.1, 0.15) is 11.1 Å². The number of benzene rings is 2. The van der Waals surface area contributed by atoms with Crippen molar-refractivity contribution in [1.29, 1.82) is 5.26 Å². The zero-order chi connectivity index (χ0) is 16.2. The summed E-state index contributed by atoms with van der Waals surface area (Å²) in [5.41, 5.74) is 4.21. The third-order valence-electron chi connectivity index (χ3n) is 3.54. The van der Waals surface area contributed by atoms with Crippen LogP contribution in [-0.4, -0.2) is 9.78 Å². The van der Waals surface area contributed by atoms with Crippen LogP contribution in [0.3, 0.4) is 0 Å².